The summed E-state index contributed by atoms with van der Waals surface area (Å²) in [5, 5.41) is 8.90. The summed E-state index contributed by atoms with van der Waals surface area (Å²) in [6, 6.07) is 13.0. The predicted octanol–water partition coefficient (Wildman–Crippen LogP) is 3.38. The maximum absolute atomic E-state index is 8.90. The van der Waals surface area contributed by atoms with Crippen molar-refractivity contribution in [3.05, 3.63) is 48.0 Å². The van der Waals surface area contributed by atoms with E-state index in [-0.39, 0.29) is 12.7 Å². The summed E-state index contributed by atoms with van der Waals surface area (Å²) in [6.07, 6.45) is 0.703. The monoisotopic (exact) mass is 287 g/mol. The Labute approximate surface area is 125 Å². The van der Waals surface area contributed by atoms with Crippen molar-refractivity contribution in [1.29, 1.82) is 0 Å². The van der Waals surface area contributed by atoms with Gasteiger partial charge in [-0.15, -0.1) is 0 Å². The minimum atomic E-state index is 0.0558. The Kier molecular flexibility index (Phi) is 5.06. The summed E-state index contributed by atoms with van der Waals surface area (Å²) in [5.41, 5.74) is 7.55. The highest BCUT2D eigenvalue weighted by atomic mass is 16.5. The number of anilines is 1. The first-order valence-electron chi connectivity index (χ1n) is 7.02. The molecule has 0 aliphatic heterocycles. The number of benzene rings is 2. The van der Waals surface area contributed by atoms with E-state index in [9.17, 15) is 0 Å². The van der Waals surface area contributed by atoms with E-state index in [1.165, 1.54) is 0 Å². The van der Waals surface area contributed by atoms with Crippen LogP contribution in [0.4, 0.5) is 5.69 Å². The van der Waals surface area contributed by atoms with E-state index in [4.69, 9.17) is 20.3 Å². The second-order valence-electron chi connectivity index (χ2n) is 5.09. The van der Waals surface area contributed by atoms with E-state index in [1.54, 1.807) is 12.1 Å². The van der Waals surface area contributed by atoms with Crippen molar-refractivity contribution in [2.75, 3.05) is 12.3 Å². The van der Waals surface area contributed by atoms with Crippen LogP contribution in [0.3, 0.4) is 0 Å². The number of nitrogen functional groups attached to an aromatic ring is 1. The Hall–Kier alpha value is -2.20. The molecule has 2 aromatic carbocycles. The molecule has 0 radical (unpaired) electrons. The lowest BCUT2D eigenvalue weighted by Crippen LogP contribution is -2.07. The molecule has 112 valence electrons. The van der Waals surface area contributed by atoms with Crippen LogP contribution in [-0.2, 0) is 6.42 Å². The van der Waals surface area contributed by atoms with Gasteiger partial charge in [-0.1, -0.05) is 12.1 Å². The zero-order valence-corrected chi connectivity index (χ0v) is 12.4. The molecule has 0 aliphatic rings. The second kappa shape index (κ2) is 6.99. The first-order valence-corrected chi connectivity index (χ1v) is 7.02. The van der Waals surface area contributed by atoms with Crippen molar-refractivity contribution in [3.8, 4) is 17.2 Å². The summed E-state index contributed by atoms with van der Waals surface area (Å²) < 4.78 is 11.4. The van der Waals surface area contributed by atoms with Crippen LogP contribution in [0.25, 0.3) is 0 Å². The minimum absolute atomic E-state index is 0.0558. The normalized spacial score (nSPS) is 10.7. The van der Waals surface area contributed by atoms with Gasteiger partial charge in [-0.2, -0.15) is 0 Å². The van der Waals surface area contributed by atoms with Gasteiger partial charge in [0.15, 0.2) is 0 Å². The summed E-state index contributed by atoms with van der Waals surface area (Å²) in [6.45, 7) is 4.05. The summed E-state index contributed by atoms with van der Waals surface area (Å²) in [4.78, 5) is 0. The second-order valence-corrected chi connectivity index (χ2v) is 5.09. The lowest BCUT2D eigenvalue weighted by atomic mass is 10.1. The molecular formula is C17H21NO3. The lowest BCUT2D eigenvalue weighted by Gasteiger charge is -2.14. The fourth-order valence-corrected chi connectivity index (χ4v) is 1.92. The molecule has 21 heavy (non-hydrogen) atoms. The molecule has 0 aromatic heterocycles. The highest BCUT2D eigenvalue weighted by Crippen LogP contribution is 2.30. The van der Waals surface area contributed by atoms with E-state index in [1.807, 2.05) is 44.2 Å². The van der Waals surface area contributed by atoms with Crippen LogP contribution in [0.15, 0.2) is 42.5 Å². The molecule has 0 saturated heterocycles. The van der Waals surface area contributed by atoms with E-state index in [2.05, 4.69) is 0 Å². The van der Waals surface area contributed by atoms with Crippen molar-refractivity contribution in [2.45, 2.75) is 26.4 Å². The molecule has 0 fully saturated rings. The zero-order valence-electron chi connectivity index (χ0n) is 12.4. The van der Waals surface area contributed by atoms with Crippen LogP contribution >= 0.6 is 0 Å². The van der Waals surface area contributed by atoms with Gasteiger partial charge in [0.25, 0.3) is 0 Å². The highest BCUT2D eigenvalue weighted by molar-refractivity contribution is 5.56. The Morgan fingerprint density at radius 3 is 2.33 bits per heavy atom. The smallest absolute Gasteiger partial charge is 0.146 e. The average molecular weight is 287 g/mol. The van der Waals surface area contributed by atoms with Crippen LogP contribution in [0.5, 0.6) is 17.2 Å². The minimum Gasteiger partial charge on any atom is -0.489 e. The molecule has 3 N–H and O–H groups in total. The number of ether oxygens (including phenoxy) is 2. The number of rotatable bonds is 6. The fraction of sp³-hybridized carbons (Fsp3) is 0.294. The molecule has 4 nitrogen and oxygen atoms in total. The lowest BCUT2D eigenvalue weighted by molar-refractivity contribution is 0.243. The molecule has 2 rings (SSSR count). The maximum atomic E-state index is 8.90. The fourth-order valence-electron chi connectivity index (χ4n) is 1.92. The first-order chi connectivity index (χ1) is 10.1. The van der Waals surface area contributed by atoms with Crippen LogP contribution in [0, 0.1) is 0 Å². The molecule has 2 aromatic rings. The summed E-state index contributed by atoms with van der Waals surface area (Å²) >= 11 is 0. The van der Waals surface area contributed by atoms with E-state index in [0.717, 1.165) is 11.3 Å². The van der Waals surface area contributed by atoms with Gasteiger partial charge in [0.2, 0.25) is 0 Å². The third kappa shape index (κ3) is 4.39. The Bertz CT molecular complexity index is 579. The molecule has 0 aliphatic carbocycles. The molecule has 0 saturated carbocycles. The Morgan fingerprint density at radius 2 is 1.71 bits per heavy atom. The van der Waals surface area contributed by atoms with Crippen molar-refractivity contribution >= 4 is 5.69 Å². The largest absolute Gasteiger partial charge is 0.489 e. The molecular weight excluding hydrogens is 266 g/mol. The first kappa shape index (κ1) is 15.2. The summed E-state index contributed by atoms with van der Waals surface area (Å²) in [7, 11) is 0. The van der Waals surface area contributed by atoms with Gasteiger partial charge >= 0.3 is 0 Å². The van der Waals surface area contributed by atoms with Gasteiger partial charge in [-0.3, -0.25) is 0 Å². The van der Waals surface area contributed by atoms with Gasteiger partial charge in [-0.25, -0.2) is 0 Å². The Balaban J connectivity index is 2.11. The van der Waals surface area contributed by atoms with Crippen LogP contribution in [0.2, 0.25) is 0 Å². The average Bonchev–Trinajstić information content (AvgIpc) is 2.44. The van der Waals surface area contributed by atoms with Crippen LogP contribution in [0.1, 0.15) is 19.4 Å². The molecule has 0 spiro atoms. The van der Waals surface area contributed by atoms with Gasteiger partial charge < -0.3 is 20.3 Å². The quantitative estimate of drug-likeness (QED) is 0.799. The van der Waals surface area contributed by atoms with E-state index >= 15 is 0 Å². The standard InChI is InChI=1S/C17H21NO3/c1-12(2)20-17-11-15(7-8-16(17)18)21-14-5-3-13(4-6-14)9-10-19/h3-8,11-12,19H,9-10,18H2,1-2H3. The van der Waals surface area contributed by atoms with Crippen molar-refractivity contribution in [3.63, 3.8) is 0 Å². The van der Waals surface area contributed by atoms with Gasteiger partial charge in [0, 0.05) is 12.7 Å². The zero-order chi connectivity index (χ0) is 15.2. The predicted molar refractivity (Wildman–Crippen MR) is 83.9 cm³/mol. The molecule has 0 bridgehead atoms. The van der Waals surface area contributed by atoms with Crippen LogP contribution in [-0.4, -0.2) is 17.8 Å². The van der Waals surface area contributed by atoms with Gasteiger partial charge in [0.05, 0.1) is 11.8 Å². The Morgan fingerprint density at radius 1 is 1.05 bits per heavy atom. The maximum Gasteiger partial charge on any atom is 0.146 e. The van der Waals surface area contributed by atoms with E-state index in [0.29, 0.717) is 23.6 Å². The molecule has 0 amide bonds. The highest BCUT2D eigenvalue weighted by Gasteiger charge is 2.06. The third-order valence-corrected chi connectivity index (χ3v) is 2.91. The molecule has 0 unspecified atom stereocenters. The third-order valence-electron chi connectivity index (χ3n) is 2.91. The number of hydrogen-bond donors (Lipinski definition) is 2. The van der Waals surface area contributed by atoms with Crippen molar-refractivity contribution in [1.82, 2.24) is 0 Å². The van der Waals surface area contributed by atoms with Gasteiger partial charge in [0.1, 0.15) is 17.2 Å². The molecule has 0 atom stereocenters. The number of aliphatic hydroxyl groups is 1. The number of aliphatic hydroxyl groups excluding tert-OH is 1. The van der Waals surface area contributed by atoms with Crippen LogP contribution < -0.4 is 15.2 Å². The molecule has 4 heteroatoms. The van der Waals surface area contributed by atoms with Crippen molar-refractivity contribution < 1.29 is 14.6 Å². The summed E-state index contributed by atoms with van der Waals surface area (Å²) in [5.74, 6) is 2.03. The van der Waals surface area contributed by atoms with Crippen molar-refractivity contribution in [2.24, 2.45) is 0 Å². The molecule has 0 heterocycles. The topological polar surface area (TPSA) is 64.7 Å². The number of hydrogen-bond acceptors (Lipinski definition) is 4. The number of nitrogens with two attached hydrogens (primary N) is 1. The van der Waals surface area contributed by atoms with Gasteiger partial charge in [-0.05, 0) is 50.1 Å². The van der Waals surface area contributed by atoms with E-state index < -0.39 is 0 Å². The SMILES string of the molecule is CC(C)Oc1cc(Oc2ccc(CCO)cc2)ccc1N.